The highest BCUT2D eigenvalue weighted by molar-refractivity contribution is 7.90. The minimum atomic E-state index is -4.52. The van der Waals surface area contributed by atoms with E-state index in [2.05, 4.69) is 96.1 Å². The van der Waals surface area contributed by atoms with Gasteiger partial charge in [-0.2, -0.15) is 34.3 Å². The van der Waals surface area contributed by atoms with Crippen LogP contribution in [-0.2, 0) is 51.2 Å². The maximum Gasteiger partial charge on any atom is 0.416 e. The number of ether oxygens (including phenoxy) is 3. The van der Waals surface area contributed by atoms with Gasteiger partial charge >= 0.3 is 16.4 Å². The third kappa shape index (κ3) is 25.0. The maximum atomic E-state index is 15.0. The van der Waals surface area contributed by atoms with Crippen molar-refractivity contribution in [3.05, 3.63) is 230 Å². The van der Waals surface area contributed by atoms with Crippen LogP contribution in [0.3, 0.4) is 0 Å². The van der Waals surface area contributed by atoms with Gasteiger partial charge in [0.2, 0.25) is 0 Å². The van der Waals surface area contributed by atoms with Gasteiger partial charge in [-0.15, -0.1) is 0 Å². The number of hydrogen-bond donors (Lipinski definition) is 8. The molecule has 15 rings (SSSR count). The summed E-state index contributed by atoms with van der Waals surface area (Å²) in [6.07, 6.45) is 4.34. The molecular weight excluding hydrogens is 1910 g/mol. The molecule has 9 N–H and O–H groups in total. The van der Waals surface area contributed by atoms with Crippen LogP contribution in [-0.4, -0.2) is 198 Å². The summed E-state index contributed by atoms with van der Waals surface area (Å²) in [7, 11) is -12.9. The van der Waals surface area contributed by atoms with Crippen LogP contribution < -0.4 is 70.1 Å². The molecule has 0 spiro atoms. The molecule has 0 saturated carbocycles. The highest BCUT2D eigenvalue weighted by Crippen LogP contribution is 2.45. The van der Waals surface area contributed by atoms with Gasteiger partial charge in [0.05, 0.1) is 71.8 Å². The number of benzene rings is 3. The van der Waals surface area contributed by atoms with Gasteiger partial charge in [-0.3, -0.25) is 28.8 Å². The van der Waals surface area contributed by atoms with E-state index in [4.69, 9.17) is 19.9 Å². The van der Waals surface area contributed by atoms with Crippen LogP contribution in [0, 0.1) is 35.3 Å². The number of aromatic amines is 2. The zero-order valence-corrected chi connectivity index (χ0v) is 84.1. The first-order chi connectivity index (χ1) is 66.1. The Morgan fingerprint density at radius 3 is 1.37 bits per heavy atom. The van der Waals surface area contributed by atoms with Gasteiger partial charge < -0.3 is 54.8 Å². The maximum absolute atomic E-state index is 15.0. The topological polar surface area (TPSA) is 465 Å². The van der Waals surface area contributed by atoms with E-state index >= 15 is 4.39 Å². The number of H-pyrrole nitrogens is 2. The van der Waals surface area contributed by atoms with Crippen molar-refractivity contribution in [3.8, 4) is 45.3 Å². The number of nitrogens with two attached hydrogens (primary N) is 1. The summed E-state index contributed by atoms with van der Waals surface area (Å²) in [5.74, 6) is -1.62. The number of nitrogens with zero attached hydrogens (tertiary/aromatic N) is 10. The molecule has 756 valence electrons. The quantitative estimate of drug-likeness (QED) is 0.0233. The van der Waals surface area contributed by atoms with Crippen molar-refractivity contribution in [2.45, 2.75) is 184 Å². The third-order valence-electron chi connectivity index (χ3n) is 24.9. The number of methoxy groups -OCH3 is 3. The lowest BCUT2D eigenvalue weighted by Gasteiger charge is -2.34. The van der Waals surface area contributed by atoms with Gasteiger partial charge in [0, 0.05) is 110 Å². The Labute approximate surface area is 816 Å². The number of alkyl halides is 3. The molecular formula is C97H117F5N18O17S4. The van der Waals surface area contributed by atoms with Crippen LogP contribution in [0.15, 0.2) is 195 Å². The van der Waals surface area contributed by atoms with E-state index in [1.54, 1.807) is 55.8 Å². The Bertz CT molecular complexity index is 6960. The number of amides is 4. The zero-order valence-electron chi connectivity index (χ0n) is 80.8. The molecule has 35 nitrogen and oxygen atoms in total. The number of pyridine rings is 7. The van der Waals surface area contributed by atoms with Crippen LogP contribution in [0.2, 0.25) is 0 Å². The minimum Gasteiger partial charge on any atom is -0.494 e. The van der Waals surface area contributed by atoms with Gasteiger partial charge in [0.15, 0.2) is 38.0 Å². The molecule has 6 atom stereocenters. The fraction of sp³-hybridized carbons (Fsp3) is 0.412. The van der Waals surface area contributed by atoms with Crippen LogP contribution in [0.25, 0.3) is 33.8 Å². The number of anilines is 5. The number of carbonyl (C=O) groups excluding carboxylic acids is 4. The molecule has 5 saturated heterocycles. The first kappa shape index (κ1) is 107. The molecule has 0 aliphatic carbocycles. The molecule has 10 aromatic rings. The smallest absolute Gasteiger partial charge is 0.416 e. The Morgan fingerprint density at radius 2 is 0.936 bits per heavy atom. The molecule has 4 amide bonds. The van der Waals surface area contributed by atoms with E-state index in [1.807, 2.05) is 72.6 Å². The van der Waals surface area contributed by atoms with E-state index in [0.717, 1.165) is 67.2 Å². The third-order valence-corrected chi connectivity index (χ3v) is 30.3. The summed E-state index contributed by atoms with van der Waals surface area (Å²) in [5, 5.41) is 2.91. The molecule has 44 heteroatoms. The lowest BCUT2D eigenvalue weighted by molar-refractivity contribution is -0.137. The monoisotopic (exact) mass is 2030 g/mol. The van der Waals surface area contributed by atoms with Crippen molar-refractivity contribution in [2.75, 3.05) is 92.1 Å². The van der Waals surface area contributed by atoms with Gasteiger partial charge in [0.25, 0.3) is 64.8 Å². The Balaban J connectivity index is 0.000000168. The predicted octanol–water partition coefficient (Wildman–Crippen LogP) is 13.1. The fourth-order valence-corrected chi connectivity index (χ4v) is 22.8. The van der Waals surface area contributed by atoms with Crippen LogP contribution in [0.5, 0.6) is 11.5 Å². The summed E-state index contributed by atoms with van der Waals surface area (Å²) < 4.78 is 197. The van der Waals surface area contributed by atoms with E-state index < -0.39 is 119 Å². The zero-order chi connectivity index (χ0) is 103. The highest BCUT2D eigenvalue weighted by Gasteiger charge is 2.45. The van der Waals surface area contributed by atoms with Crippen molar-refractivity contribution in [1.82, 2.24) is 58.1 Å². The number of rotatable bonds is 26. The molecule has 5 aliphatic heterocycles. The predicted molar refractivity (Wildman–Crippen MR) is 525 cm³/mol. The Hall–Kier alpha value is -12.9. The molecule has 7 aromatic heterocycles. The van der Waals surface area contributed by atoms with Crippen molar-refractivity contribution >= 4 is 93.0 Å². The molecule has 0 radical (unpaired) electrons. The second-order valence-electron chi connectivity index (χ2n) is 38.2. The van der Waals surface area contributed by atoms with Crippen LogP contribution in [0.1, 0.15) is 176 Å². The number of carbonyl (C=O) groups is 4. The number of hydrogen-bond acceptors (Lipinski definition) is 28. The van der Waals surface area contributed by atoms with E-state index in [1.165, 1.54) is 112 Å². The normalized spacial score (nSPS) is 18.9. The molecule has 3 aromatic carbocycles. The summed E-state index contributed by atoms with van der Waals surface area (Å²) in [6.45, 7) is 29.8. The lowest BCUT2D eigenvalue weighted by Crippen LogP contribution is -2.44. The molecule has 0 bridgehead atoms. The second-order valence-corrected chi connectivity index (χ2v) is 44.8. The largest absolute Gasteiger partial charge is 0.494 e. The average molecular weight is 2030 g/mol. The average Bonchev–Trinajstić information content (AvgIpc) is 1.68. The summed E-state index contributed by atoms with van der Waals surface area (Å²) >= 11 is 0. The standard InChI is InChI=1S/2C25H27FN4O5S.C24H30F3N5O3S.C23H33N5O4S/c1-15-13-25(2,3)30(14-15)22-17(23(31)29-36(33,34)20-9-6-12-27-24(20)32)10-11-18(28-22)16-7-5-8-19(35-4)21(16)26;1-15-13-25(2,3)30(14-15)22-17(23(31)29-36(33,34)21-6-5-11-27-24(21)32)8-9-19(28-22)16-7-10-20(35-4)18(26)12-16;1-15-12-23(2,3)32(13-15)21-19(22(33)30-36(34,35)31-10-9-18(28)14-31)7-8-20(29-21)16-5-4-6-17(11-16)24(25,26)27;1-6-17(15-32-5)25-19-10-7-11-20(26-19)33(30,31)27-22(29)18-9-8-12-24-21(18)28-14-16(2)13-23(28,3)4/h2*5-12,15H,13-14H2,1-4H3,(H,27,32)(H,29,31);4-8,11,15,18H,9-10,12-14,28H2,1-3H3,(H,30,33);7-12,16-17H,6,13-15H2,1-5H3,(H,25,26)(H,27,29)/t2*15-;15-,18-;/m000./s1. The molecule has 2 unspecified atom stereocenters. The van der Waals surface area contributed by atoms with Crippen molar-refractivity contribution in [2.24, 2.45) is 29.4 Å². The molecule has 12 heterocycles. The van der Waals surface area contributed by atoms with Crippen molar-refractivity contribution < 1.29 is 89.0 Å². The summed E-state index contributed by atoms with van der Waals surface area (Å²) in [6, 6.07) is 35.0. The van der Waals surface area contributed by atoms with Gasteiger partial charge in [-0.1, -0.05) is 58.9 Å². The summed E-state index contributed by atoms with van der Waals surface area (Å²) in [5.41, 5.74) is 3.97. The number of aromatic nitrogens is 7. The van der Waals surface area contributed by atoms with Gasteiger partial charge in [-0.25, -0.2) is 69.4 Å². The number of sulfonamides is 3. The molecule has 5 fully saturated rings. The lowest BCUT2D eigenvalue weighted by atomic mass is 9.97. The molecule has 141 heavy (non-hydrogen) atoms. The number of nitrogens with one attached hydrogen (secondary N) is 7. The first-order valence-corrected chi connectivity index (χ1v) is 51.3. The van der Waals surface area contributed by atoms with Crippen LogP contribution in [0.4, 0.5) is 51.0 Å². The summed E-state index contributed by atoms with van der Waals surface area (Å²) in [4.78, 5) is 111. The second kappa shape index (κ2) is 42.9. The Kier molecular flexibility index (Phi) is 32.5. The van der Waals surface area contributed by atoms with Crippen molar-refractivity contribution in [3.63, 3.8) is 0 Å². The minimum absolute atomic E-state index is 0.0137. The van der Waals surface area contributed by atoms with E-state index in [-0.39, 0.29) is 127 Å². The highest BCUT2D eigenvalue weighted by atomic mass is 32.2. The Morgan fingerprint density at radius 1 is 0.496 bits per heavy atom. The SMILES string of the molecule is CCC(COC)Nc1cccc(S(=O)(=O)NC(=O)c2cccnc2N2CC(C)CC2(C)C)n1.COc1ccc(-c2ccc(C(=O)NS(=O)(=O)c3ccc[nH]c3=O)c(N3C[C@@H](C)CC3(C)C)n2)cc1F.COc1cccc(-c2ccc(C(=O)NS(=O)(=O)c3ccc[nH]c3=O)c(N3C[C@@H](C)CC3(C)C)n2)c1F.C[C@@H]1CN(c2nc(-c3cccc(C(F)(F)F)c3)ccc2C(=O)NS(=O)(=O)N2CC[C@H](N)C2)C(C)(C)C1. The van der Waals surface area contributed by atoms with Crippen LogP contribution >= 0.6 is 0 Å². The fourth-order valence-electron chi connectivity index (χ4n) is 18.6. The number of halogens is 5. The first-order valence-electron chi connectivity index (χ1n) is 45.4. The molecule has 5 aliphatic rings. The van der Waals surface area contributed by atoms with E-state index in [9.17, 15) is 80.0 Å². The van der Waals surface area contributed by atoms with Crippen molar-refractivity contribution in [1.29, 1.82) is 0 Å². The van der Waals surface area contributed by atoms with Gasteiger partial charge in [-0.05, 0) is 245 Å². The van der Waals surface area contributed by atoms with E-state index in [0.29, 0.717) is 67.4 Å². The van der Waals surface area contributed by atoms with Gasteiger partial charge in [0.1, 0.15) is 29.1 Å².